The second-order valence-electron chi connectivity index (χ2n) is 6.84. The Morgan fingerprint density at radius 1 is 1.03 bits per heavy atom. The lowest BCUT2D eigenvalue weighted by molar-refractivity contribution is -0.134. The lowest BCUT2D eigenvalue weighted by Gasteiger charge is -2.27. The molecular formula is C16H32N5O8P. The van der Waals surface area contributed by atoms with E-state index in [9.17, 15) is 23.7 Å². The molecule has 174 valence electrons. The molecule has 0 aromatic heterocycles. The van der Waals surface area contributed by atoms with Crippen LogP contribution in [0.15, 0.2) is 0 Å². The Kier molecular flexibility index (Phi) is 12.6. The number of hydrogen-bond donors (Lipinski definition) is 7. The smallest absolute Gasteiger partial charge is 0.345 e. The number of phosphoric ester groups is 1. The summed E-state index contributed by atoms with van der Waals surface area (Å²) in [5, 5.41) is 6.99. The van der Waals surface area contributed by atoms with E-state index in [1.807, 2.05) is 0 Å². The molecule has 0 rings (SSSR count). The van der Waals surface area contributed by atoms with E-state index in [4.69, 9.17) is 21.3 Å². The van der Waals surface area contributed by atoms with Gasteiger partial charge >= 0.3 is 7.82 Å². The Morgan fingerprint density at radius 3 is 2.10 bits per heavy atom. The van der Waals surface area contributed by atoms with Gasteiger partial charge in [0.1, 0.15) is 18.4 Å². The third-order valence-corrected chi connectivity index (χ3v) is 4.59. The number of carbonyl (C=O) groups excluding carboxylic acids is 4. The highest BCUT2D eigenvalue weighted by Crippen LogP contribution is 2.38. The van der Waals surface area contributed by atoms with Gasteiger partial charge in [-0.2, -0.15) is 0 Å². The van der Waals surface area contributed by atoms with Crippen molar-refractivity contribution in [2.24, 2.45) is 11.5 Å². The molecule has 0 aromatic rings. The summed E-state index contributed by atoms with van der Waals surface area (Å²) in [6.45, 7) is 4.33. The van der Waals surface area contributed by atoms with Crippen LogP contribution in [-0.2, 0) is 28.3 Å². The van der Waals surface area contributed by atoms with Crippen molar-refractivity contribution >= 4 is 31.8 Å². The van der Waals surface area contributed by atoms with E-state index in [-0.39, 0.29) is 0 Å². The van der Waals surface area contributed by atoms with Gasteiger partial charge in [0.2, 0.25) is 17.7 Å². The standard InChI is InChI=1S/C16H32N5O8P/c1-9(18)14(23)19-10(2)15(24)21-13(11(3)29-30(26,27)28)16(25)20-12(8-22)6-4-5-7-17/h8-13H,4-7,17-18H2,1-3H3,(H,19,23)(H,20,25)(H,21,24)(H2,26,27,28)/t9-,10-,11+,12-,13-/m0/s1. The molecule has 3 amide bonds. The predicted molar refractivity (Wildman–Crippen MR) is 107 cm³/mol. The van der Waals surface area contributed by atoms with Gasteiger partial charge in [-0.1, -0.05) is 0 Å². The first-order valence-electron chi connectivity index (χ1n) is 9.38. The summed E-state index contributed by atoms with van der Waals surface area (Å²) in [4.78, 5) is 65.9. The van der Waals surface area contributed by atoms with Crippen LogP contribution in [0.3, 0.4) is 0 Å². The molecule has 0 aliphatic heterocycles. The highest BCUT2D eigenvalue weighted by atomic mass is 31.2. The first-order valence-corrected chi connectivity index (χ1v) is 10.9. The minimum atomic E-state index is -4.98. The van der Waals surface area contributed by atoms with E-state index in [1.165, 1.54) is 20.8 Å². The maximum Gasteiger partial charge on any atom is 0.469 e. The Hall–Kier alpha value is -1.89. The largest absolute Gasteiger partial charge is 0.469 e. The molecule has 0 heterocycles. The molecule has 0 saturated carbocycles. The number of unbranched alkanes of at least 4 members (excludes halogenated alkanes) is 1. The molecule has 0 fully saturated rings. The lowest BCUT2D eigenvalue weighted by Crippen LogP contribution is -2.58. The summed E-state index contributed by atoms with van der Waals surface area (Å²) in [6.07, 6.45) is 0.540. The van der Waals surface area contributed by atoms with Gasteiger partial charge in [-0.3, -0.25) is 18.9 Å². The number of carbonyl (C=O) groups is 4. The summed E-state index contributed by atoms with van der Waals surface area (Å²) >= 11 is 0. The van der Waals surface area contributed by atoms with Crippen LogP contribution in [0.4, 0.5) is 0 Å². The first kappa shape index (κ1) is 28.1. The van der Waals surface area contributed by atoms with E-state index >= 15 is 0 Å². The summed E-state index contributed by atoms with van der Waals surface area (Å²) in [5.74, 6) is -2.32. The van der Waals surface area contributed by atoms with Crippen LogP contribution in [0.2, 0.25) is 0 Å². The zero-order valence-corrected chi connectivity index (χ0v) is 18.1. The molecule has 0 spiro atoms. The van der Waals surface area contributed by atoms with E-state index < -0.39 is 55.8 Å². The van der Waals surface area contributed by atoms with Gasteiger partial charge < -0.3 is 42.0 Å². The van der Waals surface area contributed by atoms with Crippen LogP contribution < -0.4 is 27.4 Å². The lowest BCUT2D eigenvalue weighted by atomic mass is 10.1. The highest BCUT2D eigenvalue weighted by molar-refractivity contribution is 7.46. The Morgan fingerprint density at radius 2 is 1.63 bits per heavy atom. The number of phosphoric acid groups is 1. The number of nitrogens with two attached hydrogens (primary N) is 2. The number of hydrogen-bond acceptors (Lipinski definition) is 8. The van der Waals surface area contributed by atoms with Crippen molar-refractivity contribution in [3.63, 3.8) is 0 Å². The number of aldehydes is 1. The Bertz CT molecular complexity index is 641. The van der Waals surface area contributed by atoms with Crippen LogP contribution in [0.5, 0.6) is 0 Å². The van der Waals surface area contributed by atoms with Gasteiger partial charge in [-0.05, 0) is 46.6 Å². The third kappa shape index (κ3) is 11.3. The van der Waals surface area contributed by atoms with Crippen LogP contribution in [-0.4, -0.2) is 70.6 Å². The maximum atomic E-state index is 12.6. The highest BCUT2D eigenvalue weighted by Gasteiger charge is 2.34. The van der Waals surface area contributed by atoms with Gasteiger partial charge in [-0.25, -0.2) is 4.57 Å². The van der Waals surface area contributed by atoms with Gasteiger partial charge in [0.25, 0.3) is 0 Å². The molecule has 0 saturated heterocycles. The summed E-state index contributed by atoms with van der Waals surface area (Å²) in [5.41, 5.74) is 10.8. The molecule has 0 aromatic carbocycles. The summed E-state index contributed by atoms with van der Waals surface area (Å²) < 4.78 is 15.7. The molecule has 13 nitrogen and oxygen atoms in total. The van der Waals surface area contributed by atoms with Crippen molar-refractivity contribution in [1.82, 2.24) is 16.0 Å². The number of amides is 3. The Balaban J connectivity index is 5.32. The van der Waals surface area contributed by atoms with Crippen molar-refractivity contribution in [1.29, 1.82) is 0 Å². The van der Waals surface area contributed by atoms with Crippen molar-refractivity contribution in [3.8, 4) is 0 Å². The second kappa shape index (κ2) is 13.4. The SMILES string of the molecule is C[C@H](N)C(=O)N[C@@H](C)C(=O)N[C@H](C(=O)N[C@H](C=O)CCCCN)[C@@H](C)OP(=O)(O)O. The molecule has 0 aliphatic carbocycles. The zero-order valence-electron chi connectivity index (χ0n) is 17.2. The van der Waals surface area contributed by atoms with Gasteiger partial charge in [0.05, 0.1) is 18.2 Å². The van der Waals surface area contributed by atoms with Crippen LogP contribution in [0, 0.1) is 0 Å². The van der Waals surface area contributed by atoms with E-state index in [0.717, 1.165) is 0 Å². The molecule has 30 heavy (non-hydrogen) atoms. The van der Waals surface area contributed by atoms with Crippen molar-refractivity contribution in [3.05, 3.63) is 0 Å². The van der Waals surface area contributed by atoms with Gasteiger partial charge in [0.15, 0.2) is 0 Å². The zero-order chi connectivity index (χ0) is 23.5. The maximum absolute atomic E-state index is 12.6. The Labute approximate surface area is 174 Å². The van der Waals surface area contributed by atoms with E-state index in [2.05, 4.69) is 20.5 Å². The average Bonchev–Trinajstić information content (AvgIpc) is 2.63. The van der Waals surface area contributed by atoms with Crippen molar-refractivity contribution in [2.75, 3.05) is 6.54 Å². The average molecular weight is 453 g/mol. The molecule has 0 bridgehead atoms. The minimum absolute atomic E-state index is 0.293. The summed E-state index contributed by atoms with van der Waals surface area (Å²) in [7, 11) is -4.98. The fourth-order valence-electron chi connectivity index (χ4n) is 2.32. The van der Waals surface area contributed by atoms with Crippen molar-refractivity contribution in [2.45, 2.75) is 70.3 Å². The van der Waals surface area contributed by atoms with Crippen LogP contribution in [0.25, 0.3) is 0 Å². The fourth-order valence-corrected chi connectivity index (χ4v) is 2.87. The number of nitrogens with one attached hydrogen (secondary N) is 3. The van der Waals surface area contributed by atoms with E-state index in [1.54, 1.807) is 0 Å². The monoisotopic (exact) mass is 453 g/mol. The molecule has 14 heteroatoms. The fraction of sp³-hybridized carbons (Fsp3) is 0.750. The predicted octanol–water partition coefficient (Wildman–Crippen LogP) is -2.37. The third-order valence-electron chi connectivity index (χ3n) is 3.98. The first-order chi connectivity index (χ1) is 13.8. The molecule has 0 unspecified atom stereocenters. The van der Waals surface area contributed by atoms with Gasteiger partial charge in [0, 0.05) is 0 Å². The molecular weight excluding hydrogens is 421 g/mol. The molecule has 0 aliphatic rings. The number of rotatable bonds is 14. The van der Waals surface area contributed by atoms with Crippen molar-refractivity contribution < 1.29 is 38.1 Å². The van der Waals surface area contributed by atoms with Crippen LogP contribution >= 0.6 is 7.82 Å². The van der Waals surface area contributed by atoms with E-state index in [0.29, 0.717) is 32.1 Å². The molecule has 9 N–H and O–H groups in total. The van der Waals surface area contributed by atoms with Crippen LogP contribution in [0.1, 0.15) is 40.0 Å². The quantitative estimate of drug-likeness (QED) is 0.0841. The minimum Gasteiger partial charge on any atom is -0.345 e. The van der Waals surface area contributed by atoms with Gasteiger partial charge in [-0.15, -0.1) is 0 Å². The second-order valence-corrected chi connectivity index (χ2v) is 8.03. The molecule has 5 atom stereocenters. The summed E-state index contributed by atoms with van der Waals surface area (Å²) in [6, 6.07) is -4.43. The molecule has 0 radical (unpaired) electrons. The topological polar surface area (TPSA) is 223 Å². The normalized spacial score (nSPS) is 16.5.